The summed E-state index contributed by atoms with van der Waals surface area (Å²) in [6.45, 7) is 0.892. The van der Waals surface area contributed by atoms with Crippen molar-refractivity contribution in [3.05, 3.63) is 10.1 Å². The van der Waals surface area contributed by atoms with Crippen molar-refractivity contribution in [2.75, 3.05) is 13.6 Å². The van der Waals surface area contributed by atoms with Gasteiger partial charge < -0.3 is 14.7 Å². The maximum Gasteiger partial charge on any atom is 0.510 e. The number of hydrogen-bond acceptors (Lipinski definition) is 5. The average Bonchev–Trinajstić information content (AvgIpc) is 2.41. The molecule has 1 aliphatic heterocycles. The molecule has 0 bridgehead atoms. The second-order valence-electron chi connectivity index (χ2n) is 6.16. The number of nitrogens with zero attached hydrogens (tertiary/aromatic N) is 2. The Morgan fingerprint density at radius 3 is 2.48 bits per heavy atom. The molecule has 2 fully saturated rings. The molecule has 0 unspecified atom stereocenters. The minimum absolute atomic E-state index is 0.279. The Hall–Kier alpha value is -1.57. The van der Waals surface area contributed by atoms with Gasteiger partial charge in [-0.25, -0.2) is 4.79 Å². The van der Waals surface area contributed by atoms with E-state index in [9.17, 15) is 14.9 Å². The van der Waals surface area contributed by atoms with E-state index >= 15 is 0 Å². The molecule has 0 aromatic carbocycles. The van der Waals surface area contributed by atoms with Crippen LogP contribution in [0.25, 0.3) is 0 Å². The number of carbonyl (C=O) groups is 1. The molecule has 0 spiro atoms. The van der Waals surface area contributed by atoms with Crippen LogP contribution in [0.3, 0.4) is 0 Å². The molecular formula is C13H23N2O6+. The van der Waals surface area contributed by atoms with Crippen LogP contribution in [0.2, 0.25) is 0 Å². The van der Waals surface area contributed by atoms with E-state index in [2.05, 4.69) is 4.84 Å². The quantitative estimate of drug-likeness (QED) is 0.370. The largest absolute Gasteiger partial charge is 0.510 e. The summed E-state index contributed by atoms with van der Waals surface area (Å²) in [6, 6.07) is 0.279. The first-order valence-electron chi connectivity index (χ1n) is 7.47. The van der Waals surface area contributed by atoms with Gasteiger partial charge in [0.1, 0.15) is 6.10 Å². The van der Waals surface area contributed by atoms with Crippen LogP contribution in [0.1, 0.15) is 44.9 Å². The maximum atomic E-state index is 10.9. The fraction of sp³-hybridized carbons (Fsp3) is 0.923. The lowest BCUT2D eigenvalue weighted by atomic mass is 9.88. The molecule has 0 amide bonds. The molecule has 0 aromatic heterocycles. The van der Waals surface area contributed by atoms with Crippen molar-refractivity contribution in [3.8, 4) is 0 Å². The highest BCUT2D eigenvalue weighted by Gasteiger charge is 2.45. The fourth-order valence-corrected chi connectivity index (χ4v) is 3.79. The maximum absolute atomic E-state index is 10.9. The van der Waals surface area contributed by atoms with E-state index in [1.165, 1.54) is 0 Å². The molecule has 8 heteroatoms. The predicted molar refractivity (Wildman–Crippen MR) is 71.9 cm³/mol. The molecule has 1 saturated heterocycles. The molecule has 2 atom stereocenters. The van der Waals surface area contributed by atoms with Crippen LogP contribution in [0.5, 0.6) is 0 Å². The molecule has 1 heterocycles. The van der Waals surface area contributed by atoms with Gasteiger partial charge in [-0.3, -0.25) is 4.48 Å². The number of ether oxygens (including phenoxy) is 1. The van der Waals surface area contributed by atoms with E-state index < -0.39 is 11.2 Å². The molecule has 1 N–H and O–H groups in total. The summed E-state index contributed by atoms with van der Waals surface area (Å²) in [5.74, 6) is 0. The van der Waals surface area contributed by atoms with E-state index in [1.54, 1.807) is 0 Å². The Labute approximate surface area is 123 Å². The van der Waals surface area contributed by atoms with Crippen molar-refractivity contribution in [1.29, 1.82) is 0 Å². The van der Waals surface area contributed by atoms with E-state index in [4.69, 9.17) is 9.84 Å². The van der Waals surface area contributed by atoms with Crippen LogP contribution in [0.15, 0.2) is 0 Å². The van der Waals surface area contributed by atoms with E-state index in [0.29, 0.717) is 17.3 Å². The predicted octanol–water partition coefficient (Wildman–Crippen LogP) is 2.16. The lowest BCUT2D eigenvalue weighted by molar-refractivity contribution is -0.980. The van der Waals surface area contributed by atoms with Gasteiger partial charge in [-0.15, -0.1) is 10.1 Å². The fourth-order valence-electron chi connectivity index (χ4n) is 3.79. The van der Waals surface area contributed by atoms with Gasteiger partial charge in [0.2, 0.25) is 6.23 Å². The molecule has 120 valence electrons. The van der Waals surface area contributed by atoms with Crippen LogP contribution in [-0.4, -0.2) is 52.8 Å². The molecule has 2 aliphatic rings. The Bertz CT molecular complexity index is 396. The third-order valence-corrected chi connectivity index (χ3v) is 4.95. The number of hydrogen-bond donors (Lipinski definition) is 1. The molecule has 21 heavy (non-hydrogen) atoms. The number of quaternary nitrogens is 1. The van der Waals surface area contributed by atoms with Gasteiger partial charge in [-0.05, 0) is 25.7 Å². The highest BCUT2D eigenvalue weighted by atomic mass is 17.0. The molecule has 8 nitrogen and oxygen atoms in total. The van der Waals surface area contributed by atoms with Gasteiger partial charge in [-0.1, -0.05) is 0 Å². The summed E-state index contributed by atoms with van der Waals surface area (Å²) in [5.41, 5.74) is 0. The first-order valence-corrected chi connectivity index (χ1v) is 7.47. The van der Waals surface area contributed by atoms with E-state index in [0.717, 1.165) is 38.6 Å². The first-order chi connectivity index (χ1) is 9.91. The highest BCUT2D eigenvalue weighted by molar-refractivity contribution is 5.56. The minimum atomic E-state index is -1.23. The Morgan fingerprint density at radius 1 is 1.24 bits per heavy atom. The zero-order chi connectivity index (χ0) is 15.5. The monoisotopic (exact) mass is 303 g/mol. The lowest BCUT2D eigenvalue weighted by Crippen LogP contribution is -2.63. The van der Waals surface area contributed by atoms with Crippen molar-refractivity contribution >= 4 is 6.16 Å². The van der Waals surface area contributed by atoms with Gasteiger partial charge in [0, 0.05) is 19.3 Å². The molecule has 0 aromatic rings. The summed E-state index contributed by atoms with van der Waals surface area (Å²) in [4.78, 5) is 25.9. The Morgan fingerprint density at radius 2 is 1.90 bits per heavy atom. The summed E-state index contributed by atoms with van der Waals surface area (Å²) >= 11 is 0. The average molecular weight is 303 g/mol. The van der Waals surface area contributed by atoms with Crippen molar-refractivity contribution in [2.45, 2.75) is 63.3 Å². The normalized spacial score (nSPS) is 36.7. The topological polar surface area (TPSA) is 98.9 Å². The lowest BCUT2D eigenvalue weighted by Gasteiger charge is -2.49. The Balaban J connectivity index is 1.98. The van der Waals surface area contributed by atoms with Crippen molar-refractivity contribution in [2.24, 2.45) is 0 Å². The van der Waals surface area contributed by atoms with E-state index in [-0.39, 0.29) is 18.4 Å². The highest BCUT2D eigenvalue weighted by Crippen LogP contribution is 2.35. The standard InChI is InChI=1S/C13H22N2O6/c1-15(9-3-2-4-12(15)20-13(16)17)10-5-7-11(8-6-10)21-14(18)19/h10-12H,2-9H2,1H3/p+1/t10?,11?,12-,15+/m1/s1. The summed E-state index contributed by atoms with van der Waals surface area (Å²) in [6.07, 6.45) is 3.78. The second kappa shape index (κ2) is 6.46. The van der Waals surface area contributed by atoms with Crippen molar-refractivity contribution in [3.63, 3.8) is 0 Å². The summed E-state index contributed by atoms with van der Waals surface area (Å²) in [7, 11) is 2.05. The molecule has 2 rings (SSSR count). The smallest absolute Gasteiger partial charge is 0.450 e. The molecule has 1 aliphatic carbocycles. The third kappa shape index (κ3) is 3.75. The van der Waals surface area contributed by atoms with Crippen LogP contribution >= 0.6 is 0 Å². The summed E-state index contributed by atoms with van der Waals surface area (Å²) < 4.78 is 5.70. The number of likely N-dealkylation sites (tertiary alicyclic amines) is 1. The SMILES string of the molecule is C[N@@+]1(C2CCC(O[N+](=O)[O-])CC2)CCCC[C@H]1OC(=O)O. The molecule has 0 radical (unpaired) electrons. The first kappa shape index (κ1) is 15.8. The van der Waals surface area contributed by atoms with Crippen LogP contribution in [0.4, 0.5) is 4.79 Å². The van der Waals surface area contributed by atoms with Gasteiger partial charge >= 0.3 is 6.16 Å². The van der Waals surface area contributed by atoms with Gasteiger partial charge in [-0.2, -0.15) is 0 Å². The van der Waals surface area contributed by atoms with Crippen LogP contribution < -0.4 is 0 Å². The van der Waals surface area contributed by atoms with Crippen molar-refractivity contribution in [1.82, 2.24) is 0 Å². The van der Waals surface area contributed by atoms with Crippen LogP contribution in [-0.2, 0) is 9.57 Å². The minimum Gasteiger partial charge on any atom is -0.450 e. The Kier molecular flexibility index (Phi) is 4.87. The van der Waals surface area contributed by atoms with Crippen molar-refractivity contribution < 1.29 is 29.0 Å². The van der Waals surface area contributed by atoms with E-state index in [1.807, 2.05) is 7.05 Å². The zero-order valence-corrected chi connectivity index (χ0v) is 12.3. The van der Waals surface area contributed by atoms with Gasteiger partial charge in [0.05, 0.1) is 19.6 Å². The van der Waals surface area contributed by atoms with Gasteiger partial charge in [0.25, 0.3) is 5.09 Å². The number of rotatable bonds is 4. The second-order valence-corrected chi connectivity index (χ2v) is 6.16. The molecule has 1 saturated carbocycles. The number of carboxylic acid groups (broad SMARTS) is 1. The number of piperidine rings is 1. The zero-order valence-electron chi connectivity index (χ0n) is 12.3. The summed E-state index contributed by atoms with van der Waals surface area (Å²) in [5, 5.41) is 18.6. The third-order valence-electron chi connectivity index (χ3n) is 4.95. The van der Waals surface area contributed by atoms with Gasteiger partial charge in [0.15, 0.2) is 0 Å². The molecular weight excluding hydrogens is 280 g/mol. The van der Waals surface area contributed by atoms with Crippen LogP contribution in [0, 0.1) is 10.1 Å².